The fourth-order valence-corrected chi connectivity index (χ4v) is 2.43. The van der Waals surface area contributed by atoms with Crippen molar-refractivity contribution in [2.24, 2.45) is 0 Å². The second-order valence-corrected chi connectivity index (χ2v) is 8.58. The third-order valence-corrected chi connectivity index (χ3v) is 4.61. The Labute approximate surface area is 178 Å². The van der Waals surface area contributed by atoms with Crippen molar-refractivity contribution in [3.05, 3.63) is 46.6 Å². The molecule has 0 aromatic carbocycles. The summed E-state index contributed by atoms with van der Waals surface area (Å²) >= 11 is 0. The van der Waals surface area contributed by atoms with Crippen LogP contribution in [0, 0.1) is 0 Å². The highest BCUT2D eigenvalue weighted by Gasteiger charge is 2.08. The van der Waals surface area contributed by atoms with Crippen molar-refractivity contribution in [3.8, 4) is 0 Å². The first-order valence-electron chi connectivity index (χ1n) is 9.68. The van der Waals surface area contributed by atoms with Crippen LogP contribution in [0.25, 0.3) is 0 Å². The van der Waals surface area contributed by atoms with Gasteiger partial charge in [-0.05, 0) is 73.1 Å². The minimum Gasteiger partial charge on any atom is -0.133 e. The predicted octanol–water partition coefficient (Wildman–Crippen LogP) is 7.08. The number of hydrogen-bond donors (Lipinski definition) is 2. The normalized spacial score (nSPS) is 13.4. The van der Waals surface area contributed by atoms with Crippen molar-refractivity contribution < 1.29 is 28.0 Å². The van der Waals surface area contributed by atoms with E-state index >= 15 is 0 Å². The highest BCUT2D eigenvalue weighted by atomic mass is 31.1. The molecule has 0 aliphatic carbocycles. The van der Waals surface area contributed by atoms with Crippen molar-refractivity contribution in [1.82, 2.24) is 0 Å². The Kier molecular flexibility index (Phi) is 21.1. The largest absolute Gasteiger partial charge is 0.695 e. The van der Waals surface area contributed by atoms with Gasteiger partial charge < -0.3 is 0 Å². The molecule has 0 aliphatic rings. The zero-order chi connectivity index (χ0) is 22.7. The van der Waals surface area contributed by atoms with Crippen LogP contribution < -0.4 is 0 Å². The number of hydrogen-bond acceptors (Lipinski definition) is 4. The SMILES string of the molecule is CC(C)=CCC/C(C)=C/CC/C(C)=C\CC/C(C)=C/CO[P+](=O)O.CO[P+](=O)O. The Morgan fingerprint density at radius 2 is 1.10 bits per heavy atom. The Morgan fingerprint density at radius 1 is 0.724 bits per heavy atom. The maximum absolute atomic E-state index is 10.4. The average Bonchev–Trinajstić information content (AvgIpc) is 2.61. The molecule has 0 heterocycles. The van der Waals surface area contributed by atoms with Crippen molar-refractivity contribution in [2.75, 3.05) is 13.7 Å². The van der Waals surface area contributed by atoms with E-state index in [4.69, 9.17) is 9.79 Å². The lowest BCUT2D eigenvalue weighted by Crippen LogP contribution is -1.85. The van der Waals surface area contributed by atoms with E-state index < -0.39 is 16.5 Å². The minimum absolute atomic E-state index is 0.205. The van der Waals surface area contributed by atoms with Crippen LogP contribution in [-0.4, -0.2) is 23.5 Å². The molecule has 166 valence electrons. The minimum atomic E-state index is -2.49. The summed E-state index contributed by atoms with van der Waals surface area (Å²) in [4.78, 5) is 16.2. The van der Waals surface area contributed by atoms with Gasteiger partial charge in [0.1, 0.15) is 6.61 Å². The fraction of sp³-hybridized carbons (Fsp3) is 0.619. The van der Waals surface area contributed by atoms with Crippen LogP contribution in [-0.2, 0) is 18.2 Å². The van der Waals surface area contributed by atoms with Crippen LogP contribution in [0.1, 0.15) is 73.1 Å². The molecule has 0 saturated carbocycles. The van der Waals surface area contributed by atoms with Gasteiger partial charge in [-0.1, -0.05) is 46.6 Å². The molecule has 0 saturated heterocycles. The van der Waals surface area contributed by atoms with Crippen LogP contribution in [0.15, 0.2) is 46.6 Å². The smallest absolute Gasteiger partial charge is 0.133 e. The van der Waals surface area contributed by atoms with E-state index in [0.29, 0.717) is 0 Å². The molecule has 0 aromatic rings. The van der Waals surface area contributed by atoms with Crippen molar-refractivity contribution in [2.45, 2.75) is 73.1 Å². The zero-order valence-electron chi connectivity index (χ0n) is 18.7. The van der Waals surface area contributed by atoms with E-state index in [0.717, 1.165) is 38.5 Å². The molecule has 2 unspecified atom stereocenters. The lowest BCUT2D eigenvalue weighted by molar-refractivity contribution is 0.312. The summed E-state index contributed by atoms with van der Waals surface area (Å²) in [7, 11) is -3.67. The summed E-state index contributed by atoms with van der Waals surface area (Å²) in [5, 5.41) is 0. The summed E-state index contributed by atoms with van der Waals surface area (Å²) in [6.07, 6.45) is 15.3. The van der Waals surface area contributed by atoms with E-state index in [2.05, 4.69) is 55.0 Å². The standard InChI is InChI=1S/C20H33O3P.CH3O3P/c1-17(2)9-6-10-18(3)11-7-12-19(4)13-8-14-20(5)15-16-23-24(21)22;1-4-5(2)3/h9,11,13,15H,6-8,10,12,14,16H2,1-5H3;1H3/p+2/b18-11+,19-13-,20-15+;. The van der Waals surface area contributed by atoms with Gasteiger partial charge >= 0.3 is 16.5 Å². The van der Waals surface area contributed by atoms with Crippen LogP contribution in [0.2, 0.25) is 0 Å². The average molecular weight is 448 g/mol. The van der Waals surface area contributed by atoms with Crippen LogP contribution in [0.4, 0.5) is 0 Å². The first kappa shape index (κ1) is 30.2. The third kappa shape index (κ3) is 27.0. The third-order valence-electron chi connectivity index (χ3n) is 3.93. The van der Waals surface area contributed by atoms with Crippen molar-refractivity contribution >= 4 is 16.5 Å². The zero-order valence-corrected chi connectivity index (χ0v) is 20.5. The molecule has 0 aliphatic heterocycles. The van der Waals surface area contributed by atoms with E-state index in [1.807, 2.05) is 13.0 Å². The first-order valence-corrected chi connectivity index (χ1v) is 11.9. The molecule has 0 bridgehead atoms. The molecular weight excluding hydrogens is 410 g/mol. The molecule has 2 N–H and O–H groups in total. The maximum Gasteiger partial charge on any atom is 0.695 e. The Balaban J connectivity index is 0. The van der Waals surface area contributed by atoms with Crippen molar-refractivity contribution in [3.63, 3.8) is 0 Å². The molecule has 0 aromatic heterocycles. The first-order chi connectivity index (χ1) is 13.6. The molecule has 2 atom stereocenters. The molecule has 0 radical (unpaired) electrons. The maximum atomic E-state index is 10.4. The summed E-state index contributed by atoms with van der Waals surface area (Å²) in [5.74, 6) is 0. The Morgan fingerprint density at radius 3 is 1.45 bits per heavy atom. The lowest BCUT2D eigenvalue weighted by atomic mass is 10.0. The van der Waals surface area contributed by atoms with Gasteiger partial charge in [-0.25, -0.2) is 0 Å². The van der Waals surface area contributed by atoms with Gasteiger partial charge in [0.05, 0.1) is 7.11 Å². The molecule has 0 amide bonds. The van der Waals surface area contributed by atoms with Crippen molar-refractivity contribution in [1.29, 1.82) is 0 Å². The number of allylic oxidation sites excluding steroid dienone is 7. The molecule has 0 rings (SSSR count). The van der Waals surface area contributed by atoms with Gasteiger partial charge in [0.25, 0.3) is 0 Å². The molecule has 29 heavy (non-hydrogen) atoms. The van der Waals surface area contributed by atoms with Gasteiger partial charge in [-0.2, -0.15) is 0 Å². The Hall–Kier alpha value is -1.00. The topological polar surface area (TPSA) is 93.1 Å². The van der Waals surface area contributed by atoms with E-state index in [1.165, 1.54) is 29.4 Å². The highest BCUT2D eigenvalue weighted by Crippen LogP contribution is 2.16. The summed E-state index contributed by atoms with van der Waals surface area (Å²) in [5.41, 5.74) is 5.47. The van der Waals surface area contributed by atoms with Gasteiger partial charge in [0.2, 0.25) is 0 Å². The van der Waals surface area contributed by atoms with Gasteiger partial charge in [0.15, 0.2) is 0 Å². The van der Waals surface area contributed by atoms with Gasteiger partial charge in [0, 0.05) is 9.13 Å². The summed E-state index contributed by atoms with van der Waals surface area (Å²) < 4.78 is 28.1. The van der Waals surface area contributed by atoms with E-state index in [-0.39, 0.29) is 6.61 Å². The molecule has 0 spiro atoms. The summed E-state index contributed by atoms with van der Waals surface area (Å²) in [6.45, 7) is 10.9. The van der Waals surface area contributed by atoms with Crippen LogP contribution in [0.5, 0.6) is 0 Å². The predicted molar refractivity (Wildman–Crippen MR) is 121 cm³/mol. The van der Waals surface area contributed by atoms with Crippen LogP contribution >= 0.6 is 16.5 Å². The van der Waals surface area contributed by atoms with E-state index in [9.17, 15) is 9.13 Å². The molecule has 6 nitrogen and oxygen atoms in total. The van der Waals surface area contributed by atoms with E-state index in [1.54, 1.807) is 0 Å². The quantitative estimate of drug-likeness (QED) is 0.231. The highest BCUT2D eigenvalue weighted by molar-refractivity contribution is 7.32. The van der Waals surface area contributed by atoms with Gasteiger partial charge in [-0.3, -0.25) is 0 Å². The fourth-order valence-electron chi connectivity index (χ4n) is 2.23. The van der Waals surface area contributed by atoms with Crippen LogP contribution in [0.3, 0.4) is 0 Å². The monoisotopic (exact) mass is 448 g/mol. The number of rotatable bonds is 13. The molecule has 8 heteroatoms. The summed E-state index contributed by atoms with van der Waals surface area (Å²) in [6, 6.07) is 0. The second-order valence-electron chi connectivity index (χ2n) is 7.00. The molecule has 0 fully saturated rings. The second kappa shape index (κ2) is 20.3. The lowest BCUT2D eigenvalue weighted by Gasteiger charge is -2.02. The van der Waals surface area contributed by atoms with Gasteiger partial charge in [-0.15, -0.1) is 18.8 Å². The molecular formula is C21H38O6P2+2. The Bertz CT molecular complexity index is 602.